The van der Waals surface area contributed by atoms with Gasteiger partial charge in [-0.15, -0.1) is 0 Å². The number of urea groups is 1. The summed E-state index contributed by atoms with van der Waals surface area (Å²) in [6.07, 6.45) is 2.28. The second-order valence-corrected chi connectivity index (χ2v) is 7.63. The number of hydrogen-bond acceptors (Lipinski definition) is 6. The maximum atomic E-state index is 14.8. The van der Waals surface area contributed by atoms with Crippen molar-refractivity contribution < 1.29 is 18.7 Å². The highest BCUT2D eigenvalue weighted by Gasteiger charge is 2.12. The Labute approximate surface area is 186 Å². The monoisotopic (exact) mass is 441 g/mol. The Morgan fingerprint density at radius 2 is 1.84 bits per heavy atom. The molecular formula is C23H28FN5O3. The van der Waals surface area contributed by atoms with E-state index in [4.69, 9.17) is 9.47 Å². The zero-order valence-electron chi connectivity index (χ0n) is 18.4. The van der Waals surface area contributed by atoms with Crippen molar-refractivity contribution in [1.29, 1.82) is 0 Å². The van der Waals surface area contributed by atoms with Gasteiger partial charge in [-0.05, 0) is 36.6 Å². The van der Waals surface area contributed by atoms with Gasteiger partial charge in [0.25, 0.3) is 0 Å². The summed E-state index contributed by atoms with van der Waals surface area (Å²) in [6, 6.07) is 9.77. The highest BCUT2D eigenvalue weighted by Crippen LogP contribution is 2.29. The van der Waals surface area contributed by atoms with Gasteiger partial charge in [0.05, 0.1) is 17.5 Å². The SMILES string of the molecule is COCCOc1cc(F)c2c(Nc3ccc(NC(=O)NCCC(C)C)cc3)ncnc2c1. The summed E-state index contributed by atoms with van der Waals surface area (Å²) in [4.78, 5) is 20.3. The van der Waals surface area contributed by atoms with Crippen LogP contribution in [0.5, 0.6) is 5.75 Å². The number of carbonyl (C=O) groups is 1. The topological polar surface area (TPSA) is 97.4 Å². The van der Waals surface area contributed by atoms with Gasteiger partial charge < -0.3 is 25.4 Å². The van der Waals surface area contributed by atoms with Gasteiger partial charge in [-0.2, -0.15) is 0 Å². The third kappa shape index (κ3) is 6.52. The Morgan fingerprint density at radius 3 is 2.56 bits per heavy atom. The summed E-state index contributed by atoms with van der Waals surface area (Å²) < 4.78 is 25.2. The number of anilines is 3. The number of nitrogens with zero attached hydrogens (tertiary/aromatic N) is 2. The summed E-state index contributed by atoms with van der Waals surface area (Å²) in [5, 5.41) is 8.98. The van der Waals surface area contributed by atoms with Crippen molar-refractivity contribution in [1.82, 2.24) is 15.3 Å². The number of aromatic nitrogens is 2. The average molecular weight is 442 g/mol. The molecule has 0 aliphatic carbocycles. The number of ether oxygens (including phenoxy) is 2. The first-order chi connectivity index (χ1) is 15.5. The Morgan fingerprint density at radius 1 is 1.09 bits per heavy atom. The lowest BCUT2D eigenvalue weighted by molar-refractivity contribution is 0.146. The molecule has 0 atom stereocenters. The second kappa shape index (κ2) is 11.2. The predicted molar refractivity (Wildman–Crippen MR) is 123 cm³/mol. The van der Waals surface area contributed by atoms with Gasteiger partial charge in [0.2, 0.25) is 0 Å². The molecule has 0 fully saturated rings. The first-order valence-corrected chi connectivity index (χ1v) is 10.4. The summed E-state index contributed by atoms with van der Waals surface area (Å²) in [5.41, 5.74) is 1.76. The third-order valence-corrected chi connectivity index (χ3v) is 4.63. The van der Waals surface area contributed by atoms with Crippen LogP contribution >= 0.6 is 0 Å². The van der Waals surface area contributed by atoms with Crippen molar-refractivity contribution in [3.05, 3.63) is 48.5 Å². The van der Waals surface area contributed by atoms with Crippen LogP contribution in [-0.4, -0.2) is 42.9 Å². The fourth-order valence-electron chi connectivity index (χ4n) is 2.96. The molecular weight excluding hydrogens is 413 g/mol. The Bertz CT molecular complexity index is 1040. The molecule has 3 rings (SSSR count). The van der Waals surface area contributed by atoms with Gasteiger partial charge in [0.1, 0.15) is 30.3 Å². The molecule has 3 N–H and O–H groups in total. The molecule has 3 aromatic rings. The fourth-order valence-corrected chi connectivity index (χ4v) is 2.96. The highest BCUT2D eigenvalue weighted by atomic mass is 19.1. The number of hydrogen-bond donors (Lipinski definition) is 3. The van der Waals surface area contributed by atoms with Crippen LogP contribution in [-0.2, 0) is 4.74 Å². The molecule has 2 amide bonds. The van der Waals surface area contributed by atoms with Crippen LogP contribution in [0.4, 0.5) is 26.4 Å². The van der Waals surface area contributed by atoms with Gasteiger partial charge in [-0.3, -0.25) is 0 Å². The van der Waals surface area contributed by atoms with Crippen LogP contribution < -0.4 is 20.7 Å². The van der Waals surface area contributed by atoms with E-state index in [0.29, 0.717) is 54.1 Å². The van der Waals surface area contributed by atoms with Gasteiger partial charge >= 0.3 is 6.03 Å². The van der Waals surface area contributed by atoms with Crippen LogP contribution in [0.2, 0.25) is 0 Å². The largest absolute Gasteiger partial charge is 0.491 e. The standard InChI is InChI=1S/C23H28FN5O3/c1-15(2)8-9-25-23(30)29-17-6-4-16(5-7-17)28-22-21-19(24)12-18(32-11-10-31-3)13-20(21)26-14-27-22/h4-7,12-15H,8-11H2,1-3H3,(H2,25,29,30)(H,26,27,28). The molecule has 1 aromatic heterocycles. The molecule has 9 heteroatoms. The van der Waals surface area contributed by atoms with E-state index in [9.17, 15) is 9.18 Å². The summed E-state index contributed by atoms with van der Waals surface area (Å²) in [7, 11) is 1.57. The third-order valence-electron chi connectivity index (χ3n) is 4.63. The molecule has 0 spiro atoms. The van der Waals surface area contributed by atoms with Crippen LogP contribution in [0, 0.1) is 11.7 Å². The number of carbonyl (C=O) groups excluding carboxylic acids is 1. The summed E-state index contributed by atoms with van der Waals surface area (Å²) >= 11 is 0. The zero-order chi connectivity index (χ0) is 22.9. The molecule has 170 valence electrons. The van der Waals surface area contributed by atoms with E-state index >= 15 is 0 Å². The van der Waals surface area contributed by atoms with Crippen molar-refractivity contribution in [3.63, 3.8) is 0 Å². The molecule has 8 nitrogen and oxygen atoms in total. The molecule has 1 heterocycles. The number of methoxy groups -OCH3 is 1. The molecule has 32 heavy (non-hydrogen) atoms. The molecule has 0 radical (unpaired) electrons. The first-order valence-electron chi connectivity index (χ1n) is 10.4. The minimum Gasteiger partial charge on any atom is -0.491 e. The number of benzene rings is 2. The molecule has 0 aliphatic heterocycles. The van der Waals surface area contributed by atoms with Crippen molar-refractivity contribution >= 4 is 34.1 Å². The van der Waals surface area contributed by atoms with Crippen LogP contribution in [0.3, 0.4) is 0 Å². The molecule has 2 aromatic carbocycles. The number of halogens is 1. The number of rotatable bonds is 10. The van der Waals surface area contributed by atoms with Gasteiger partial charge in [-0.1, -0.05) is 13.8 Å². The summed E-state index contributed by atoms with van der Waals surface area (Å²) in [6.45, 7) is 5.55. The minimum atomic E-state index is -0.491. The van der Waals surface area contributed by atoms with Crippen molar-refractivity contribution in [2.24, 2.45) is 5.92 Å². The van der Waals surface area contributed by atoms with Gasteiger partial charge in [0, 0.05) is 37.2 Å². The van der Waals surface area contributed by atoms with Crippen LogP contribution in [0.1, 0.15) is 20.3 Å². The number of nitrogens with one attached hydrogen (secondary N) is 3. The van der Waals surface area contributed by atoms with E-state index in [1.165, 1.54) is 12.4 Å². The van der Waals surface area contributed by atoms with E-state index < -0.39 is 5.82 Å². The van der Waals surface area contributed by atoms with Crippen molar-refractivity contribution in [3.8, 4) is 5.75 Å². The average Bonchev–Trinajstić information content (AvgIpc) is 2.75. The smallest absolute Gasteiger partial charge is 0.319 e. The quantitative estimate of drug-likeness (QED) is 0.395. The summed E-state index contributed by atoms with van der Waals surface area (Å²) in [5.74, 6) is 0.745. The van der Waals surface area contributed by atoms with Crippen LogP contribution in [0.25, 0.3) is 10.9 Å². The van der Waals surface area contributed by atoms with Gasteiger partial charge in [0.15, 0.2) is 0 Å². The predicted octanol–water partition coefficient (Wildman–Crippen LogP) is 4.71. The van der Waals surface area contributed by atoms with E-state index in [1.54, 1.807) is 37.4 Å². The zero-order valence-corrected chi connectivity index (χ0v) is 18.4. The fraction of sp³-hybridized carbons (Fsp3) is 0.348. The van der Waals surface area contributed by atoms with E-state index in [-0.39, 0.29) is 11.4 Å². The maximum Gasteiger partial charge on any atom is 0.319 e. The van der Waals surface area contributed by atoms with E-state index in [0.717, 1.165) is 6.42 Å². The number of fused-ring (bicyclic) bond motifs is 1. The highest BCUT2D eigenvalue weighted by molar-refractivity contribution is 5.92. The van der Waals surface area contributed by atoms with Crippen molar-refractivity contribution in [2.75, 3.05) is 37.5 Å². The second-order valence-electron chi connectivity index (χ2n) is 7.63. The Hall–Kier alpha value is -3.46. The van der Waals surface area contributed by atoms with Gasteiger partial charge in [-0.25, -0.2) is 19.2 Å². The minimum absolute atomic E-state index is 0.251. The normalized spacial score (nSPS) is 10.9. The van der Waals surface area contributed by atoms with Crippen LogP contribution in [0.15, 0.2) is 42.7 Å². The lowest BCUT2D eigenvalue weighted by Gasteiger charge is -2.12. The molecule has 0 saturated heterocycles. The molecule has 0 aliphatic rings. The maximum absolute atomic E-state index is 14.8. The molecule has 0 bridgehead atoms. The van der Waals surface area contributed by atoms with E-state index in [1.807, 2.05) is 0 Å². The Kier molecular flexibility index (Phi) is 8.15. The molecule has 0 saturated carbocycles. The lowest BCUT2D eigenvalue weighted by atomic mass is 10.1. The lowest BCUT2D eigenvalue weighted by Crippen LogP contribution is -2.30. The van der Waals surface area contributed by atoms with E-state index in [2.05, 4.69) is 39.8 Å². The molecule has 0 unspecified atom stereocenters. The Balaban J connectivity index is 1.67. The number of amides is 2. The van der Waals surface area contributed by atoms with Crippen molar-refractivity contribution in [2.45, 2.75) is 20.3 Å². The first kappa shape index (κ1) is 23.2.